The zero-order valence-electron chi connectivity index (χ0n) is 18.9. The van der Waals surface area contributed by atoms with E-state index in [1.54, 1.807) is 7.11 Å². The second kappa shape index (κ2) is 10.9. The summed E-state index contributed by atoms with van der Waals surface area (Å²) in [5.74, 6) is 3.57. The van der Waals surface area contributed by atoms with E-state index in [1.807, 2.05) is 0 Å². The van der Waals surface area contributed by atoms with E-state index in [0.717, 1.165) is 6.42 Å². The van der Waals surface area contributed by atoms with Crippen molar-refractivity contribution in [3.05, 3.63) is 45.5 Å². The first-order valence-corrected chi connectivity index (χ1v) is 13.8. The van der Waals surface area contributed by atoms with Crippen LogP contribution in [0.25, 0.3) is 10.8 Å². The van der Waals surface area contributed by atoms with E-state index in [4.69, 9.17) is 9.47 Å². The van der Waals surface area contributed by atoms with Crippen LogP contribution in [0.1, 0.15) is 47.1 Å². The van der Waals surface area contributed by atoms with E-state index in [-0.39, 0.29) is 12.9 Å². The van der Waals surface area contributed by atoms with E-state index in [9.17, 15) is 0 Å². The van der Waals surface area contributed by atoms with Crippen LogP contribution in [-0.4, -0.2) is 28.1 Å². The summed E-state index contributed by atoms with van der Waals surface area (Å²) in [5.41, 5.74) is 6.94. The summed E-state index contributed by atoms with van der Waals surface area (Å²) >= 11 is 2.46. The lowest BCUT2D eigenvalue weighted by Crippen LogP contribution is -2.43. The molecule has 0 fully saturated rings. The smallest absolute Gasteiger partial charge is 0.148 e. The molecular weight excluding hydrogens is 487 g/mol. The Balaban J connectivity index is 2.41. The average Bonchev–Trinajstić information content (AvgIpc) is 2.67. The zero-order valence-corrected chi connectivity index (χ0v) is 22.0. The number of fused-ring (bicyclic) bond motifs is 1. The Bertz CT molecular complexity index is 842. The highest BCUT2D eigenvalue weighted by molar-refractivity contribution is 14.1. The molecule has 0 aliphatic carbocycles. The summed E-state index contributed by atoms with van der Waals surface area (Å²) in [6, 6.07) is 12.9. The van der Waals surface area contributed by atoms with Gasteiger partial charge < -0.3 is 9.47 Å². The summed E-state index contributed by atoms with van der Waals surface area (Å²) in [4.78, 5) is 0. The predicted octanol–water partition coefficient (Wildman–Crippen LogP) is 7.20. The molecule has 0 aromatic heterocycles. The Kier molecular flexibility index (Phi) is 9.21. The van der Waals surface area contributed by atoms with Gasteiger partial charge in [0.15, 0.2) is 0 Å². The van der Waals surface area contributed by atoms with Crippen molar-refractivity contribution in [3.8, 4) is 11.5 Å². The lowest BCUT2D eigenvalue weighted by atomic mass is 10.0. The Morgan fingerprint density at radius 3 is 2.14 bits per heavy atom. The molecule has 0 unspecified atom stereocenters. The summed E-state index contributed by atoms with van der Waals surface area (Å²) < 4.78 is 12.5. The fourth-order valence-electron chi connectivity index (χ4n) is 4.58. The maximum atomic E-state index is 6.02. The van der Waals surface area contributed by atoms with Gasteiger partial charge in [0.05, 0.1) is 0 Å². The summed E-state index contributed by atoms with van der Waals surface area (Å²) in [6.07, 6.45) is 0.617. The molecule has 2 aromatic carbocycles. The first-order chi connectivity index (χ1) is 13.7. The number of methoxy groups -OCH3 is 1. The highest BCUT2D eigenvalue weighted by Crippen LogP contribution is 2.40. The Morgan fingerprint density at radius 1 is 0.931 bits per heavy atom. The number of benzene rings is 2. The van der Waals surface area contributed by atoms with Crippen LogP contribution in [0.2, 0.25) is 16.6 Å². The Hall–Kier alpha value is -0.873. The van der Waals surface area contributed by atoms with Crippen LogP contribution in [-0.2, 0) is 15.9 Å². The molecule has 1 atom stereocenters. The number of hydrogen-bond acceptors (Lipinski definition) is 2. The fourth-order valence-corrected chi connectivity index (χ4v) is 10.7. The number of ether oxygens (including phenoxy) is 2. The van der Waals surface area contributed by atoms with Gasteiger partial charge in [-0.1, -0.05) is 83.9 Å². The third-order valence-electron chi connectivity index (χ3n) is 6.05. The van der Waals surface area contributed by atoms with Gasteiger partial charge >= 0.3 is 0 Å². The van der Waals surface area contributed by atoms with Gasteiger partial charge in [-0.3, -0.25) is 0 Å². The van der Waals surface area contributed by atoms with E-state index in [1.165, 1.54) is 19.9 Å². The van der Waals surface area contributed by atoms with Crippen LogP contribution in [0, 0.1) is 15.0 Å². The van der Waals surface area contributed by atoms with Gasteiger partial charge in [-0.2, -0.15) is 0 Å². The van der Waals surface area contributed by atoms with Crippen LogP contribution in [0.4, 0.5) is 0 Å². The molecule has 0 radical (unpaired) electrons. The molecule has 0 aliphatic heterocycles. The fraction of sp³-hybridized carbons (Fsp3) is 0.520. The van der Waals surface area contributed by atoms with E-state index < -0.39 is 8.07 Å². The van der Waals surface area contributed by atoms with Gasteiger partial charge in [-0.25, -0.2) is 0 Å². The third-order valence-corrected chi connectivity index (χ3v) is 13.6. The van der Waals surface area contributed by atoms with Gasteiger partial charge in [0, 0.05) is 17.1 Å². The summed E-state index contributed by atoms with van der Waals surface area (Å²) in [7, 11) is -0.122. The van der Waals surface area contributed by atoms with Crippen molar-refractivity contribution in [2.45, 2.75) is 70.7 Å². The van der Waals surface area contributed by atoms with Gasteiger partial charge in [-0.05, 0) is 55.6 Å². The lowest BCUT2D eigenvalue weighted by Gasteiger charge is -2.38. The predicted molar refractivity (Wildman–Crippen MR) is 136 cm³/mol. The van der Waals surface area contributed by atoms with E-state index >= 15 is 0 Å². The Morgan fingerprint density at radius 2 is 1.55 bits per heavy atom. The largest absolute Gasteiger partial charge is 0.359 e. The monoisotopic (exact) mass is 522 g/mol. The normalized spacial score (nSPS) is 13.2. The zero-order chi connectivity index (χ0) is 21.6. The highest BCUT2D eigenvalue weighted by Gasteiger charge is 2.41. The maximum absolute atomic E-state index is 6.02. The molecule has 0 saturated heterocycles. The first-order valence-electron chi connectivity index (χ1n) is 10.5. The minimum atomic E-state index is -1.79. The SMILES string of the molecule is COCO[C@@H](C#C[Si](C(C)C)(C(C)C)C(C)C)Cc1ccc2ccccc2c1I. The average molecular weight is 523 g/mol. The molecule has 0 bridgehead atoms. The van der Waals surface area contributed by atoms with E-state index in [0.29, 0.717) is 16.6 Å². The second-order valence-electron chi connectivity index (χ2n) is 8.69. The van der Waals surface area contributed by atoms with Crippen molar-refractivity contribution in [3.63, 3.8) is 0 Å². The molecule has 2 nitrogen and oxygen atoms in total. The molecule has 4 heteroatoms. The van der Waals surface area contributed by atoms with Crippen molar-refractivity contribution >= 4 is 41.4 Å². The minimum Gasteiger partial charge on any atom is -0.359 e. The first kappa shape index (κ1) is 24.4. The molecule has 0 saturated carbocycles. The van der Waals surface area contributed by atoms with Crippen molar-refractivity contribution in [2.75, 3.05) is 13.9 Å². The number of hydrogen-bond donors (Lipinski definition) is 0. The molecular formula is C25H35IO2Si. The van der Waals surface area contributed by atoms with Crippen molar-refractivity contribution < 1.29 is 9.47 Å². The Labute approximate surface area is 191 Å². The van der Waals surface area contributed by atoms with Crippen molar-refractivity contribution in [1.29, 1.82) is 0 Å². The molecule has 29 heavy (non-hydrogen) atoms. The topological polar surface area (TPSA) is 18.5 Å². The van der Waals surface area contributed by atoms with Gasteiger partial charge in [0.2, 0.25) is 0 Å². The van der Waals surface area contributed by atoms with Gasteiger partial charge in [-0.15, -0.1) is 5.54 Å². The van der Waals surface area contributed by atoms with Crippen molar-refractivity contribution in [2.24, 2.45) is 0 Å². The third kappa shape index (κ3) is 5.64. The van der Waals surface area contributed by atoms with Crippen LogP contribution in [0.15, 0.2) is 36.4 Å². The van der Waals surface area contributed by atoms with Crippen molar-refractivity contribution in [1.82, 2.24) is 0 Å². The molecule has 0 spiro atoms. The highest BCUT2D eigenvalue weighted by atomic mass is 127. The number of halogens is 1. The maximum Gasteiger partial charge on any atom is 0.148 e. The molecule has 0 N–H and O–H groups in total. The van der Waals surface area contributed by atoms with E-state index in [2.05, 4.69) is 112 Å². The molecule has 2 aromatic rings. The molecule has 0 aliphatic rings. The number of rotatable bonds is 8. The van der Waals surface area contributed by atoms with Gasteiger partial charge in [0.1, 0.15) is 21.0 Å². The second-order valence-corrected chi connectivity index (χ2v) is 15.4. The standard InChI is InChI=1S/C25H35IO2Si/c1-18(2)29(19(3)4,20(5)6)15-14-23(28-17-27-7)16-22-13-12-21-10-8-9-11-24(21)25(22)26/h8-13,18-20,23H,16-17H2,1-7H3/t23-/m0/s1. The van der Waals surface area contributed by atoms with Crippen LogP contribution in [0.3, 0.4) is 0 Å². The molecule has 0 heterocycles. The van der Waals surface area contributed by atoms with Crippen LogP contribution < -0.4 is 0 Å². The van der Waals surface area contributed by atoms with Crippen LogP contribution >= 0.6 is 22.6 Å². The molecule has 2 rings (SSSR count). The van der Waals surface area contributed by atoms with Gasteiger partial charge in [0.25, 0.3) is 0 Å². The van der Waals surface area contributed by atoms with Crippen LogP contribution in [0.5, 0.6) is 0 Å². The lowest BCUT2D eigenvalue weighted by molar-refractivity contribution is -0.0518. The molecule has 0 amide bonds. The summed E-state index contributed by atoms with van der Waals surface area (Å²) in [5, 5.41) is 2.56. The quantitative estimate of drug-likeness (QED) is 0.158. The minimum absolute atomic E-state index is 0.159. The summed E-state index contributed by atoms with van der Waals surface area (Å²) in [6.45, 7) is 14.3. The molecule has 158 valence electrons.